The minimum absolute atomic E-state index is 0.394. The van der Waals surface area contributed by atoms with Crippen molar-refractivity contribution in [1.29, 1.82) is 0 Å². The quantitative estimate of drug-likeness (QED) is 0.841. The van der Waals surface area contributed by atoms with E-state index in [1.165, 1.54) is 24.1 Å². The number of rotatable bonds is 6. The third-order valence-corrected chi connectivity index (χ3v) is 5.45. The van der Waals surface area contributed by atoms with Crippen molar-refractivity contribution in [2.75, 3.05) is 5.32 Å². The van der Waals surface area contributed by atoms with Gasteiger partial charge in [0.05, 0.1) is 5.69 Å². The summed E-state index contributed by atoms with van der Waals surface area (Å²) in [6.45, 7) is 2.20. The van der Waals surface area contributed by atoms with Crippen molar-refractivity contribution in [3.8, 4) is 0 Å². The lowest BCUT2D eigenvalue weighted by Gasteiger charge is -2.16. The highest BCUT2D eigenvalue weighted by atomic mass is 32.1. The average molecular weight is 294 g/mol. The van der Waals surface area contributed by atoms with Crippen molar-refractivity contribution in [2.45, 2.75) is 63.8 Å². The van der Waals surface area contributed by atoms with Gasteiger partial charge in [0.25, 0.3) is 0 Å². The average Bonchev–Trinajstić information content (AvgIpc) is 3.14. The Morgan fingerprint density at radius 1 is 1.50 bits per heavy atom. The molecule has 0 bridgehead atoms. The Morgan fingerprint density at radius 3 is 2.95 bits per heavy atom. The Balaban J connectivity index is 1.72. The van der Waals surface area contributed by atoms with E-state index < -0.39 is 11.9 Å². The molecular weight excluding hydrogens is 272 g/mol. The summed E-state index contributed by atoms with van der Waals surface area (Å²) in [5.41, 5.74) is 0.817. The van der Waals surface area contributed by atoms with Gasteiger partial charge in [0.15, 0.2) is 5.13 Å². The van der Waals surface area contributed by atoms with Crippen LogP contribution < -0.4 is 5.32 Å². The van der Waals surface area contributed by atoms with Gasteiger partial charge in [-0.3, -0.25) is 4.79 Å². The number of hydrogen-bond acceptors (Lipinski definition) is 4. The minimum Gasteiger partial charge on any atom is -0.481 e. The molecule has 0 saturated heterocycles. The number of thiazole rings is 1. The molecular formula is C15H22N2O2S. The molecule has 1 saturated carbocycles. The van der Waals surface area contributed by atoms with Crippen molar-refractivity contribution < 1.29 is 9.90 Å². The first-order valence-electron chi connectivity index (χ1n) is 7.66. The van der Waals surface area contributed by atoms with Gasteiger partial charge in [-0.15, -0.1) is 11.3 Å². The van der Waals surface area contributed by atoms with Gasteiger partial charge in [0.1, 0.15) is 5.92 Å². The molecule has 2 aliphatic carbocycles. The summed E-state index contributed by atoms with van der Waals surface area (Å²) in [6, 6.07) is 0.485. The fourth-order valence-electron chi connectivity index (χ4n) is 2.98. The molecule has 20 heavy (non-hydrogen) atoms. The van der Waals surface area contributed by atoms with Gasteiger partial charge in [-0.1, -0.05) is 19.8 Å². The maximum Gasteiger partial charge on any atom is 0.312 e. The van der Waals surface area contributed by atoms with Crippen molar-refractivity contribution in [3.63, 3.8) is 0 Å². The Labute approximate surface area is 123 Å². The largest absolute Gasteiger partial charge is 0.481 e. The van der Waals surface area contributed by atoms with E-state index in [2.05, 4.69) is 17.2 Å². The topological polar surface area (TPSA) is 62.2 Å². The Bertz CT molecular complexity index is 496. The van der Waals surface area contributed by atoms with Crippen molar-refractivity contribution in [3.05, 3.63) is 10.6 Å². The molecule has 0 aromatic carbocycles. The zero-order valence-corrected chi connectivity index (χ0v) is 12.7. The summed E-state index contributed by atoms with van der Waals surface area (Å²) in [5.74, 6) is -0.226. The first-order valence-corrected chi connectivity index (χ1v) is 8.48. The number of nitrogens with zero attached hydrogens (tertiary/aromatic N) is 1. The number of fused-ring (bicyclic) bond motifs is 1. The Morgan fingerprint density at radius 2 is 2.30 bits per heavy atom. The van der Waals surface area contributed by atoms with E-state index in [0.29, 0.717) is 6.04 Å². The van der Waals surface area contributed by atoms with Crippen LogP contribution in [0.15, 0.2) is 0 Å². The first kappa shape index (κ1) is 13.9. The molecule has 0 amide bonds. The number of carboxylic acid groups (broad SMARTS) is 1. The van der Waals surface area contributed by atoms with Gasteiger partial charge >= 0.3 is 5.97 Å². The summed E-state index contributed by atoms with van der Waals surface area (Å²) < 4.78 is 0. The van der Waals surface area contributed by atoms with Crippen molar-refractivity contribution >= 4 is 22.4 Å². The summed E-state index contributed by atoms with van der Waals surface area (Å²) in [5, 5.41) is 13.8. The fraction of sp³-hybridized carbons (Fsp3) is 0.733. The molecule has 2 atom stereocenters. The number of hydrogen-bond donors (Lipinski definition) is 2. The molecule has 2 unspecified atom stereocenters. The van der Waals surface area contributed by atoms with Crippen LogP contribution in [-0.4, -0.2) is 22.1 Å². The van der Waals surface area contributed by atoms with Gasteiger partial charge in [0.2, 0.25) is 0 Å². The molecule has 1 aromatic rings. The zero-order valence-electron chi connectivity index (χ0n) is 11.9. The molecule has 4 nitrogen and oxygen atoms in total. The third-order valence-electron chi connectivity index (χ3n) is 4.39. The van der Waals surface area contributed by atoms with E-state index >= 15 is 0 Å². The van der Waals surface area contributed by atoms with Crippen LogP contribution in [0.3, 0.4) is 0 Å². The van der Waals surface area contributed by atoms with E-state index in [1.54, 1.807) is 11.3 Å². The van der Waals surface area contributed by atoms with Crippen LogP contribution in [0.2, 0.25) is 0 Å². The van der Waals surface area contributed by atoms with Gasteiger partial charge in [-0.2, -0.15) is 0 Å². The van der Waals surface area contributed by atoms with Crippen molar-refractivity contribution in [1.82, 2.24) is 4.98 Å². The second-order valence-corrected chi connectivity index (χ2v) is 7.12. The van der Waals surface area contributed by atoms with Crippen LogP contribution >= 0.6 is 11.3 Å². The predicted molar refractivity (Wildman–Crippen MR) is 80.5 cm³/mol. The minimum atomic E-state index is -0.729. The molecule has 0 spiro atoms. The van der Waals surface area contributed by atoms with E-state index in [0.717, 1.165) is 42.4 Å². The second kappa shape index (κ2) is 5.72. The highest BCUT2D eigenvalue weighted by molar-refractivity contribution is 7.15. The van der Waals surface area contributed by atoms with Crippen molar-refractivity contribution in [2.24, 2.45) is 5.92 Å². The smallest absolute Gasteiger partial charge is 0.312 e. The zero-order chi connectivity index (χ0) is 14.1. The molecule has 3 rings (SSSR count). The van der Waals surface area contributed by atoms with Crippen LogP contribution in [0.25, 0.3) is 0 Å². The van der Waals surface area contributed by atoms with E-state index in [4.69, 9.17) is 0 Å². The summed E-state index contributed by atoms with van der Waals surface area (Å²) >= 11 is 1.66. The van der Waals surface area contributed by atoms with Crippen LogP contribution in [0.1, 0.15) is 61.9 Å². The maximum atomic E-state index is 11.3. The number of aryl methyl sites for hydroxylation is 1. The van der Waals surface area contributed by atoms with Gasteiger partial charge < -0.3 is 10.4 Å². The first-order chi connectivity index (χ1) is 9.67. The lowest BCUT2D eigenvalue weighted by Crippen LogP contribution is -2.19. The van der Waals surface area contributed by atoms with Gasteiger partial charge in [-0.25, -0.2) is 4.98 Å². The monoisotopic (exact) mass is 294 g/mol. The molecule has 1 heterocycles. The van der Waals surface area contributed by atoms with Gasteiger partial charge in [0, 0.05) is 10.9 Å². The molecule has 1 fully saturated rings. The number of carbonyl (C=O) groups is 1. The number of anilines is 1. The number of carboxylic acids is 1. The van der Waals surface area contributed by atoms with Crippen LogP contribution in [0.5, 0.6) is 0 Å². The molecule has 2 N–H and O–H groups in total. The van der Waals surface area contributed by atoms with E-state index in [9.17, 15) is 9.90 Å². The highest BCUT2D eigenvalue weighted by Crippen LogP contribution is 2.38. The molecule has 5 heteroatoms. The second-order valence-electron chi connectivity index (χ2n) is 6.04. The molecule has 0 radical (unpaired) electrons. The Kier molecular flexibility index (Phi) is 3.96. The number of nitrogens with one attached hydrogen (secondary N) is 1. The highest BCUT2D eigenvalue weighted by Gasteiger charge is 2.31. The Hall–Kier alpha value is -1.10. The number of aromatic nitrogens is 1. The summed E-state index contributed by atoms with van der Waals surface area (Å²) in [7, 11) is 0. The maximum absolute atomic E-state index is 11.3. The normalized spacial score (nSPS) is 23.1. The van der Waals surface area contributed by atoms with Crippen LogP contribution in [-0.2, 0) is 11.2 Å². The number of aliphatic carboxylic acids is 1. The summed E-state index contributed by atoms with van der Waals surface area (Å²) in [6.07, 6.45) is 7.74. The molecule has 0 aliphatic heterocycles. The van der Waals surface area contributed by atoms with E-state index in [1.807, 2.05) is 0 Å². The summed E-state index contributed by atoms with van der Waals surface area (Å²) in [4.78, 5) is 17.1. The molecule has 2 aliphatic rings. The fourth-order valence-corrected chi connectivity index (χ4v) is 4.12. The standard InChI is InChI=1S/C15H22N2O2S/c1-2-10(8-9-6-7-9)16-15-17-13-11(14(18)19)4-3-5-12(13)20-15/h9-11H,2-8H2,1H3,(H,16,17)(H,18,19). The molecule has 110 valence electrons. The molecule has 1 aromatic heterocycles. The lowest BCUT2D eigenvalue weighted by atomic mass is 9.91. The third kappa shape index (κ3) is 2.97. The lowest BCUT2D eigenvalue weighted by molar-refractivity contribution is -0.139. The van der Waals surface area contributed by atoms with Gasteiger partial charge in [-0.05, 0) is 38.0 Å². The predicted octanol–water partition coefficient (Wildman–Crippen LogP) is 3.64. The van der Waals surface area contributed by atoms with Crippen LogP contribution in [0, 0.1) is 5.92 Å². The van der Waals surface area contributed by atoms with Crippen LogP contribution in [0.4, 0.5) is 5.13 Å². The SMILES string of the molecule is CCC(CC1CC1)Nc1nc2c(s1)CCCC2C(=O)O. The van der Waals surface area contributed by atoms with E-state index in [-0.39, 0.29) is 0 Å².